The van der Waals surface area contributed by atoms with Crippen LogP contribution in [-0.2, 0) is 9.53 Å². The van der Waals surface area contributed by atoms with Crippen molar-refractivity contribution in [2.24, 2.45) is 11.3 Å². The number of carbonyl (C=O) groups is 2. The van der Waals surface area contributed by atoms with Gasteiger partial charge < -0.3 is 19.7 Å². The minimum absolute atomic E-state index is 0.0105. The Labute approximate surface area is 172 Å². The molecule has 2 amide bonds. The number of rotatable bonds is 5. The highest BCUT2D eigenvalue weighted by atomic mass is 19.4. The molecule has 1 spiro atoms. The number of hydrogen-bond acceptors (Lipinski definition) is 4. The molecule has 2 saturated carbocycles. The molecule has 30 heavy (non-hydrogen) atoms. The van der Waals surface area contributed by atoms with Gasteiger partial charge in [-0.05, 0) is 75.1 Å². The van der Waals surface area contributed by atoms with Crippen molar-refractivity contribution in [3.8, 4) is 5.75 Å². The van der Waals surface area contributed by atoms with E-state index in [9.17, 15) is 22.8 Å². The minimum atomic E-state index is -4.75. The highest BCUT2D eigenvalue weighted by Gasteiger charge is 2.49. The first-order chi connectivity index (χ1) is 14.2. The lowest BCUT2D eigenvalue weighted by Gasteiger charge is -2.35. The number of benzene rings is 1. The van der Waals surface area contributed by atoms with Crippen LogP contribution in [0.3, 0.4) is 0 Å². The number of nitrogens with one attached hydrogen (secondary N) is 1. The number of anilines is 1. The van der Waals surface area contributed by atoms with E-state index in [1.165, 1.54) is 24.3 Å². The van der Waals surface area contributed by atoms with Gasteiger partial charge in [-0.3, -0.25) is 4.79 Å². The van der Waals surface area contributed by atoms with Gasteiger partial charge in [0, 0.05) is 18.8 Å². The van der Waals surface area contributed by atoms with Crippen LogP contribution in [0.5, 0.6) is 5.75 Å². The Morgan fingerprint density at radius 1 is 1.10 bits per heavy atom. The second kappa shape index (κ2) is 8.00. The van der Waals surface area contributed by atoms with Crippen LogP contribution in [0, 0.1) is 11.3 Å². The smallest absolute Gasteiger partial charge is 0.446 e. The number of alkyl halides is 3. The number of carbonyl (C=O) groups excluding carboxylic acids is 2. The molecule has 1 aromatic carbocycles. The number of halogens is 3. The quantitative estimate of drug-likeness (QED) is 0.759. The Bertz CT molecular complexity index is 784. The van der Waals surface area contributed by atoms with Gasteiger partial charge in [-0.15, -0.1) is 13.2 Å². The van der Waals surface area contributed by atoms with Crippen molar-refractivity contribution in [3.63, 3.8) is 0 Å². The maximum Gasteiger partial charge on any atom is 0.573 e. The zero-order valence-electron chi connectivity index (χ0n) is 16.5. The summed E-state index contributed by atoms with van der Waals surface area (Å²) in [7, 11) is 0. The van der Waals surface area contributed by atoms with Crippen molar-refractivity contribution >= 4 is 17.7 Å². The monoisotopic (exact) mass is 426 g/mol. The Morgan fingerprint density at radius 3 is 2.37 bits per heavy atom. The second-order valence-corrected chi connectivity index (χ2v) is 8.46. The Kier molecular flexibility index (Phi) is 5.55. The summed E-state index contributed by atoms with van der Waals surface area (Å²) in [6.07, 6.45) is 0.225. The van der Waals surface area contributed by atoms with Crippen LogP contribution in [0.25, 0.3) is 0 Å². The van der Waals surface area contributed by atoms with Gasteiger partial charge in [-0.25, -0.2) is 4.79 Å². The van der Waals surface area contributed by atoms with Crippen LogP contribution in [0.2, 0.25) is 0 Å². The van der Waals surface area contributed by atoms with Crippen molar-refractivity contribution in [2.75, 3.05) is 18.0 Å². The molecular formula is C21H25F3N2O4. The van der Waals surface area contributed by atoms with Gasteiger partial charge in [0.05, 0.1) is 5.41 Å². The highest BCUT2D eigenvalue weighted by Crippen LogP contribution is 2.46. The van der Waals surface area contributed by atoms with Gasteiger partial charge >= 0.3 is 12.5 Å². The second-order valence-electron chi connectivity index (χ2n) is 8.46. The number of amides is 2. The molecule has 6 nitrogen and oxygen atoms in total. The zero-order chi connectivity index (χ0) is 21.4. The topological polar surface area (TPSA) is 67.9 Å². The fourth-order valence-corrected chi connectivity index (χ4v) is 4.36. The van der Waals surface area contributed by atoms with E-state index in [4.69, 9.17) is 4.74 Å². The third-order valence-electron chi connectivity index (χ3n) is 6.29. The molecule has 1 aliphatic heterocycles. The van der Waals surface area contributed by atoms with Crippen molar-refractivity contribution in [3.05, 3.63) is 24.3 Å². The third kappa shape index (κ3) is 4.82. The number of alkyl carbamates (subject to hydrolysis) is 1. The lowest BCUT2D eigenvalue weighted by Crippen LogP contribution is -2.40. The van der Waals surface area contributed by atoms with Gasteiger partial charge in [-0.2, -0.15) is 0 Å². The molecule has 1 N–H and O–H groups in total. The van der Waals surface area contributed by atoms with Gasteiger partial charge in [0.25, 0.3) is 0 Å². The van der Waals surface area contributed by atoms with Crippen molar-refractivity contribution in [1.82, 2.24) is 5.32 Å². The van der Waals surface area contributed by atoms with Crippen LogP contribution in [0.1, 0.15) is 44.9 Å². The zero-order valence-corrected chi connectivity index (χ0v) is 16.5. The molecule has 0 atom stereocenters. The Morgan fingerprint density at radius 2 is 1.77 bits per heavy atom. The number of hydrogen-bond donors (Lipinski definition) is 1. The van der Waals surface area contributed by atoms with Crippen molar-refractivity contribution < 1.29 is 32.2 Å². The molecule has 164 valence electrons. The van der Waals surface area contributed by atoms with E-state index in [2.05, 4.69) is 10.1 Å². The van der Waals surface area contributed by atoms with Crippen LogP contribution in [0.4, 0.5) is 23.7 Å². The van der Waals surface area contributed by atoms with E-state index in [0.29, 0.717) is 56.8 Å². The molecule has 1 saturated heterocycles. The first kappa shape index (κ1) is 20.8. The van der Waals surface area contributed by atoms with Crippen LogP contribution in [0.15, 0.2) is 24.3 Å². The average Bonchev–Trinajstić information content (AvgIpc) is 3.47. The Hall–Kier alpha value is -2.45. The van der Waals surface area contributed by atoms with E-state index < -0.39 is 11.8 Å². The summed E-state index contributed by atoms with van der Waals surface area (Å²) in [5.41, 5.74) is 0.0788. The SMILES string of the molecule is O=C(NCC1CC1)OC1CCC2(CC1)CCN(c1ccc(OC(F)(F)F)cc1)C2=O. The summed E-state index contributed by atoms with van der Waals surface area (Å²) in [6.45, 7) is 1.18. The van der Waals surface area contributed by atoms with Crippen LogP contribution >= 0.6 is 0 Å². The van der Waals surface area contributed by atoms with Crippen LogP contribution in [-0.4, -0.2) is 37.6 Å². The molecular weight excluding hydrogens is 401 g/mol. The molecule has 0 unspecified atom stereocenters. The fraction of sp³-hybridized carbons (Fsp3) is 0.619. The molecule has 4 rings (SSSR count). The lowest BCUT2D eigenvalue weighted by molar-refractivity contribution is -0.274. The summed E-state index contributed by atoms with van der Waals surface area (Å²) >= 11 is 0. The third-order valence-corrected chi connectivity index (χ3v) is 6.29. The maximum absolute atomic E-state index is 13.1. The van der Waals surface area contributed by atoms with E-state index in [-0.39, 0.29) is 23.9 Å². The summed E-state index contributed by atoms with van der Waals surface area (Å²) in [6, 6.07) is 5.37. The maximum atomic E-state index is 13.1. The first-order valence-electron chi connectivity index (χ1n) is 10.4. The normalized spacial score (nSPS) is 26.7. The number of nitrogens with zero attached hydrogens (tertiary/aromatic N) is 1. The minimum Gasteiger partial charge on any atom is -0.446 e. The van der Waals surface area contributed by atoms with Crippen molar-refractivity contribution in [2.45, 2.75) is 57.4 Å². The average molecular weight is 426 g/mol. The van der Waals surface area contributed by atoms with Gasteiger partial charge in [0.1, 0.15) is 11.9 Å². The van der Waals surface area contributed by atoms with Gasteiger partial charge in [-0.1, -0.05) is 0 Å². The van der Waals surface area contributed by atoms with Gasteiger partial charge in [0.15, 0.2) is 0 Å². The van der Waals surface area contributed by atoms with E-state index >= 15 is 0 Å². The van der Waals surface area contributed by atoms with E-state index in [1.54, 1.807) is 4.90 Å². The molecule has 1 aromatic rings. The summed E-state index contributed by atoms with van der Waals surface area (Å²) in [5, 5.41) is 2.79. The lowest BCUT2D eigenvalue weighted by atomic mass is 9.72. The van der Waals surface area contributed by atoms with Crippen molar-refractivity contribution in [1.29, 1.82) is 0 Å². The molecule has 3 fully saturated rings. The molecule has 0 radical (unpaired) electrons. The molecule has 0 aromatic heterocycles. The summed E-state index contributed by atoms with van der Waals surface area (Å²) in [5.74, 6) is 0.261. The van der Waals surface area contributed by atoms with E-state index in [0.717, 1.165) is 12.8 Å². The van der Waals surface area contributed by atoms with E-state index in [1.807, 2.05) is 0 Å². The predicted octanol–water partition coefficient (Wildman–Crippen LogP) is 4.39. The molecule has 3 aliphatic rings. The molecule has 9 heteroatoms. The highest BCUT2D eigenvalue weighted by molar-refractivity contribution is 6.00. The largest absolute Gasteiger partial charge is 0.573 e. The fourth-order valence-electron chi connectivity index (χ4n) is 4.36. The van der Waals surface area contributed by atoms with Crippen LogP contribution < -0.4 is 15.0 Å². The number of ether oxygens (including phenoxy) is 2. The Balaban J connectivity index is 1.30. The molecule has 0 bridgehead atoms. The summed E-state index contributed by atoms with van der Waals surface area (Å²) < 4.78 is 46.3. The predicted molar refractivity (Wildman–Crippen MR) is 102 cm³/mol. The summed E-state index contributed by atoms with van der Waals surface area (Å²) in [4.78, 5) is 26.6. The molecule has 2 aliphatic carbocycles. The first-order valence-corrected chi connectivity index (χ1v) is 10.4. The van der Waals surface area contributed by atoms with Gasteiger partial charge in [0.2, 0.25) is 5.91 Å². The standard InChI is InChI=1S/C21H25F3N2O4/c22-21(23,24)30-17-5-3-15(4-6-17)26-12-11-20(18(26)27)9-7-16(8-10-20)29-19(28)25-13-14-1-2-14/h3-6,14,16H,1-2,7-13H2,(H,25,28). The molecule has 1 heterocycles.